The molecule has 2 atom stereocenters. The zero-order chi connectivity index (χ0) is 20.9. The number of aliphatic hydroxyl groups is 1. The van der Waals surface area contributed by atoms with E-state index in [0.717, 1.165) is 0 Å². The van der Waals surface area contributed by atoms with Crippen LogP contribution in [0.2, 0.25) is 0 Å². The number of rotatable bonds is 5. The third-order valence-corrected chi connectivity index (χ3v) is 5.59. The van der Waals surface area contributed by atoms with Gasteiger partial charge in [0.05, 0.1) is 24.9 Å². The molecule has 0 saturated carbocycles. The smallest absolute Gasteiger partial charge is 0.269 e. The Balaban J connectivity index is 0.00000181. The summed E-state index contributed by atoms with van der Waals surface area (Å²) in [6.07, 6.45) is 1.41. The van der Waals surface area contributed by atoms with Crippen molar-refractivity contribution in [3.63, 3.8) is 0 Å². The van der Waals surface area contributed by atoms with Crippen LogP contribution in [0.4, 0.5) is 0 Å². The molecule has 1 saturated heterocycles. The van der Waals surface area contributed by atoms with Gasteiger partial charge in [-0.15, -0.1) is 24.8 Å². The first kappa shape index (κ1) is 26.0. The van der Waals surface area contributed by atoms with Gasteiger partial charge in [0, 0.05) is 38.4 Å². The lowest BCUT2D eigenvalue weighted by Gasteiger charge is -2.30. The number of aromatic nitrogens is 1. The third-order valence-electron chi connectivity index (χ3n) is 5.59. The summed E-state index contributed by atoms with van der Waals surface area (Å²) >= 11 is 0. The highest BCUT2D eigenvalue weighted by atomic mass is 35.5. The van der Waals surface area contributed by atoms with Crippen molar-refractivity contribution in [1.82, 2.24) is 20.5 Å². The fourth-order valence-electron chi connectivity index (χ4n) is 3.79. The van der Waals surface area contributed by atoms with Crippen LogP contribution in [-0.4, -0.2) is 71.8 Å². The number of nitrogens with zero attached hydrogens (tertiary/aromatic N) is 2. The Morgan fingerprint density at radius 1 is 1.16 bits per heavy atom. The number of morpholine rings is 1. The summed E-state index contributed by atoms with van der Waals surface area (Å²) < 4.78 is 5.26. The molecule has 3 heterocycles. The van der Waals surface area contributed by atoms with Crippen molar-refractivity contribution in [2.75, 3.05) is 32.8 Å². The average Bonchev–Trinajstić information content (AvgIpc) is 2.82. The second-order valence-electron chi connectivity index (χ2n) is 7.57. The standard InChI is InChI=1S/C22H26N4O4.2ClH/c27-20(19-11-15-3-1-2-4-16(15)12-24-19)14-25-21(28)18-6-5-17(13-23-18)22(29)26-7-9-30-10-8-26;;/h1-6,13,19-20,24,27H,7-12,14H2,(H,25,28);2*1H. The van der Waals surface area contributed by atoms with Gasteiger partial charge >= 0.3 is 0 Å². The number of carbonyl (C=O) groups is 2. The number of ether oxygens (including phenoxy) is 1. The number of hydrogen-bond acceptors (Lipinski definition) is 6. The van der Waals surface area contributed by atoms with Gasteiger partial charge in [-0.2, -0.15) is 0 Å². The minimum atomic E-state index is -0.718. The molecule has 0 radical (unpaired) electrons. The van der Waals surface area contributed by atoms with Gasteiger partial charge in [-0.3, -0.25) is 14.6 Å². The summed E-state index contributed by atoms with van der Waals surface area (Å²) in [6, 6.07) is 11.2. The number of fused-ring (bicyclic) bond motifs is 1. The van der Waals surface area contributed by atoms with E-state index >= 15 is 0 Å². The number of carbonyl (C=O) groups excluding carboxylic acids is 2. The van der Waals surface area contributed by atoms with Gasteiger partial charge in [-0.25, -0.2) is 0 Å². The maximum atomic E-state index is 12.4. The van der Waals surface area contributed by atoms with Crippen molar-refractivity contribution in [1.29, 1.82) is 0 Å². The zero-order valence-electron chi connectivity index (χ0n) is 17.5. The third kappa shape index (κ3) is 6.17. The van der Waals surface area contributed by atoms with E-state index in [4.69, 9.17) is 4.74 Å². The van der Waals surface area contributed by atoms with Gasteiger partial charge in [0.25, 0.3) is 11.8 Å². The Morgan fingerprint density at radius 2 is 1.88 bits per heavy atom. The first-order valence-corrected chi connectivity index (χ1v) is 10.2. The van der Waals surface area contributed by atoms with E-state index in [9.17, 15) is 14.7 Å². The molecule has 3 N–H and O–H groups in total. The van der Waals surface area contributed by atoms with Crippen molar-refractivity contribution in [3.05, 3.63) is 65.0 Å². The first-order valence-electron chi connectivity index (χ1n) is 10.2. The molecule has 32 heavy (non-hydrogen) atoms. The fraction of sp³-hybridized carbons (Fsp3) is 0.409. The number of pyridine rings is 1. The Morgan fingerprint density at radius 3 is 2.56 bits per heavy atom. The predicted molar refractivity (Wildman–Crippen MR) is 125 cm³/mol. The van der Waals surface area contributed by atoms with Crippen LogP contribution in [0.15, 0.2) is 42.6 Å². The van der Waals surface area contributed by atoms with Crippen LogP contribution in [-0.2, 0) is 17.7 Å². The second kappa shape index (κ2) is 12.1. The molecule has 8 nitrogen and oxygen atoms in total. The Labute approximate surface area is 199 Å². The molecule has 4 rings (SSSR count). The summed E-state index contributed by atoms with van der Waals surface area (Å²) in [7, 11) is 0. The topological polar surface area (TPSA) is 104 Å². The number of aliphatic hydroxyl groups excluding tert-OH is 1. The lowest BCUT2D eigenvalue weighted by atomic mass is 9.93. The average molecular weight is 483 g/mol. The van der Waals surface area contributed by atoms with Crippen LogP contribution in [0, 0.1) is 0 Å². The van der Waals surface area contributed by atoms with E-state index in [2.05, 4.69) is 27.8 Å². The van der Waals surface area contributed by atoms with Crippen LogP contribution in [0.5, 0.6) is 0 Å². The van der Waals surface area contributed by atoms with E-state index in [1.165, 1.54) is 23.4 Å². The molecule has 10 heteroatoms. The molecule has 2 unspecified atom stereocenters. The van der Waals surface area contributed by atoms with Gasteiger partial charge in [-0.1, -0.05) is 24.3 Å². The Kier molecular flexibility index (Phi) is 9.86. The lowest BCUT2D eigenvalue weighted by Crippen LogP contribution is -2.49. The Bertz CT molecular complexity index is 907. The number of hydrogen-bond donors (Lipinski definition) is 3. The normalized spacial score (nSPS) is 18.4. The number of halogens is 2. The number of benzene rings is 1. The Hall–Kier alpha value is -2.23. The highest BCUT2D eigenvalue weighted by molar-refractivity contribution is 5.96. The fourth-order valence-corrected chi connectivity index (χ4v) is 3.79. The van der Waals surface area contributed by atoms with Crippen molar-refractivity contribution in [3.8, 4) is 0 Å². The van der Waals surface area contributed by atoms with Crippen molar-refractivity contribution < 1.29 is 19.4 Å². The summed E-state index contributed by atoms with van der Waals surface area (Å²) in [4.78, 5) is 30.7. The largest absolute Gasteiger partial charge is 0.390 e. The maximum absolute atomic E-state index is 12.4. The quantitative estimate of drug-likeness (QED) is 0.591. The van der Waals surface area contributed by atoms with Gasteiger partial charge < -0.3 is 25.4 Å². The summed E-state index contributed by atoms with van der Waals surface area (Å²) in [6.45, 7) is 2.99. The van der Waals surface area contributed by atoms with Crippen LogP contribution >= 0.6 is 24.8 Å². The second-order valence-corrected chi connectivity index (χ2v) is 7.57. The zero-order valence-corrected chi connectivity index (χ0v) is 19.2. The monoisotopic (exact) mass is 482 g/mol. The number of nitrogens with one attached hydrogen (secondary N) is 2. The van der Waals surface area contributed by atoms with E-state index < -0.39 is 6.10 Å². The predicted octanol–water partition coefficient (Wildman–Crippen LogP) is 1.20. The molecule has 2 amide bonds. The van der Waals surface area contributed by atoms with E-state index in [1.807, 2.05) is 12.1 Å². The molecule has 1 aromatic heterocycles. The van der Waals surface area contributed by atoms with Gasteiger partial charge in [-0.05, 0) is 29.7 Å². The highest BCUT2D eigenvalue weighted by Gasteiger charge is 2.25. The molecule has 0 aliphatic carbocycles. The molecule has 0 bridgehead atoms. The molecular weight excluding hydrogens is 455 g/mol. The van der Waals surface area contributed by atoms with Gasteiger partial charge in [0.1, 0.15) is 5.69 Å². The van der Waals surface area contributed by atoms with Crippen molar-refractivity contribution >= 4 is 36.6 Å². The molecule has 174 valence electrons. The first-order chi connectivity index (χ1) is 14.6. The lowest BCUT2D eigenvalue weighted by molar-refractivity contribution is 0.0302. The van der Waals surface area contributed by atoms with E-state index in [1.54, 1.807) is 11.0 Å². The van der Waals surface area contributed by atoms with Crippen molar-refractivity contribution in [2.45, 2.75) is 25.1 Å². The molecular formula is C22H28Cl2N4O4. The summed E-state index contributed by atoms with van der Waals surface area (Å²) in [5.41, 5.74) is 3.11. The molecule has 0 spiro atoms. The minimum absolute atomic E-state index is 0. The van der Waals surface area contributed by atoms with E-state index in [-0.39, 0.29) is 54.9 Å². The maximum Gasteiger partial charge on any atom is 0.269 e. The summed E-state index contributed by atoms with van der Waals surface area (Å²) in [5.74, 6) is -0.493. The molecule has 2 aliphatic rings. The van der Waals surface area contributed by atoms with Crippen molar-refractivity contribution in [2.24, 2.45) is 0 Å². The van der Waals surface area contributed by atoms with Crippen LogP contribution in [0.25, 0.3) is 0 Å². The minimum Gasteiger partial charge on any atom is -0.390 e. The molecule has 1 fully saturated rings. The molecule has 2 aromatic rings. The van der Waals surface area contributed by atoms with Gasteiger partial charge in [0.15, 0.2) is 0 Å². The summed E-state index contributed by atoms with van der Waals surface area (Å²) in [5, 5.41) is 16.5. The SMILES string of the molecule is Cl.Cl.O=C(NCC(O)C1Cc2ccccc2CN1)c1ccc(C(=O)N2CCOCC2)cn1. The molecule has 2 aliphatic heterocycles. The van der Waals surface area contributed by atoms with E-state index in [0.29, 0.717) is 44.8 Å². The van der Waals surface area contributed by atoms with Crippen LogP contribution < -0.4 is 10.6 Å². The van der Waals surface area contributed by atoms with Crippen LogP contribution in [0.3, 0.4) is 0 Å². The van der Waals surface area contributed by atoms with Gasteiger partial charge in [0.2, 0.25) is 0 Å². The molecule has 1 aromatic carbocycles. The van der Waals surface area contributed by atoms with Crippen LogP contribution in [0.1, 0.15) is 32.0 Å². The highest BCUT2D eigenvalue weighted by Crippen LogP contribution is 2.17. The number of amides is 2.